The number of pyridine rings is 1. The topological polar surface area (TPSA) is 80.5 Å². The fraction of sp³-hybridized carbons (Fsp3) is 0.308. The van der Waals surface area contributed by atoms with Crippen LogP contribution < -0.4 is 4.74 Å². The predicted molar refractivity (Wildman–Crippen MR) is 69.4 cm³/mol. The smallest absolute Gasteiger partial charge is 0.407 e. The summed E-state index contributed by atoms with van der Waals surface area (Å²) in [4.78, 5) is 16.4. The van der Waals surface area contributed by atoms with E-state index in [4.69, 9.17) is 9.84 Å². The number of fused-ring (bicyclic) bond motifs is 1. The molecule has 20 heavy (non-hydrogen) atoms. The Morgan fingerprint density at radius 1 is 1.45 bits per heavy atom. The van der Waals surface area contributed by atoms with E-state index in [0.29, 0.717) is 25.5 Å². The lowest BCUT2D eigenvalue weighted by molar-refractivity contribution is 0.144. The molecule has 7 nitrogen and oxygen atoms in total. The number of amides is 1. The van der Waals surface area contributed by atoms with Crippen molar-refractivity contribution >= 4 is 6.09 Å². The maximum atomic E-state index is 10.9. The fourth-order valence-corrected chi connectivity index (χ4v) is 2.24. The van der Waals surface area contributed by atoms with Gasteiger partial charge in [-0.3, -0.25) is 9.58 Å². The van der Waals surface area contributed by atoms with Gasteiger partial charge in [-0.2, -0.15) is 5.10 Å². The van der Waals surface area contributed by atoms with Crippen LogP contribution in [0, 0.1) is 0 Å². The molecule has 2 aromatic heterocycles. The van der Waals surface area contributed by atoms with E-state index in [2.05, 4.69) is 10.1 Å². The van der Waals surface area contributed by atoms with Crippen LogP contribution >= 0.6 is 0 Å². The van der Waals surface area contributed by atoms with Gasteiger partial charge in [-0.25, -0.2) is 9.78 Å². The van der Waals surface area contributed by atoms with Crippen molar-refractivity contribution in [2.75, 3.05) is 7.11 Å². The number of nitrogens with zero attached hydrogens (tertiary/aromatic N) is 4. The van der Waals surface area contributed by atoms with Crippen LogP contribution in [0.4, 0.5) is 4.79 Å². The summed E-state index contributed by atoms with van der Waals surface area (Å²) in [6.07, 6.45) is 2.73. The van der Waals surface area contributed by atoms with Crippen molar-refractivity contribution in [3.63, 3.8) is 0 Å². The Labute approximate surface area is 115 Å². The van der Waals surface area contributed by atoms with Crippen molar-refractivity contribution < 1.29 is 14.6 Å². The normalized spacial score (nSPS) is 13.3. The second kappa shape index (κ2) is 4.84. The number of carboxylic acid groups (broad SMARTS) is 1. The van der Waals surface area contributed by atoms with E-state index in [-0.39, 0.29) is 0 Å². The molecule has 0 aromatic carbocycles. The maximum absolute atomic E-state index is 10.9. The van der Waals surface area contributed by atoms with Crippen molar-refractivity contribution in [2.24, 2.45) is 0 Å². The molecule has 0 atom stereocenters. The lowest BCUT2D eigenvalue weighted by atomic mass is 10.3. The van der Waals surface area contributed by atoms with Gasteiger partial charge in [0.15, 0.2) is 0 Å². The minimum Gasteiger partial charge on any atom is -0.481 e. The Kier molecular flexibility index (Phi) is 3.02. The molecule has 0 radical (unpaired) electrons. The van der Waals surface area contributed by atoms with E-state index in [9.17, 15) is 4.79 Å². The summed E-state index contributed by atoms with van der Waals surface area (Å²) in [5, 5.41) is 13.3. The molecule has 0 unspecified atom stereocenters. The van der Waals surface area contributed by atoms with Gasteiger partial charge in [-0.15, -0.1) is 0 Å². The van der Waals surface area contributed by atoms with Crippen LogP contribution in [0.5, 0.6) is 5.88 Å². The molecule has 0 saturated heterocycles. The minimum absolute atomic E-state index is 0.360. The molecular formula is C13H14N4O3. The average Bonchev–Trinajstić information content (AvgIpc) is 2.97. The zero-order valence-electron chi connectivity index (χ0n) is 11.0. The maximum Gasteiger partial charge on any atom is 0.407 e. The van der Waals surface area contributed by atoms with Crippen LogP contribution in [0.3, 0.4) is 0 Å². The highest BCUT2D eigenvalue weighted by Gasteiger charge is 2.25. The highest BCUT2D eigenvalue weighted by atomic mass is 16.5. The van der Waals surface area contributed by atoms with E-state index in [1.807, 2.05) is 16.9 Å². The Hall–Kier alpha value is -2.57. The lowest BCUT2D eigenvalue weighted by Gasteiger charge is -2.10. The molecule has 0 fully saturated rings. The van der Waals surface area contributed by atoms with Crippen LogP contribution in [0.25, 0.3) is 0 Å². The number of rotatable bonds is 3. The SMILES string of the molecule is COc1ccc(Cn2cc3c(n2)CN(C(=O)O)C3)cn1. The predicted octanol–water partition coefficient (Wildman–Crippen LogP) is 1.33. The first kappa shape index (κ1) is 12.5. The van der Waals surface area contributed by atoms with E-state index >= 15 is 0 Å². The highest BCUT2D eigenvalue weighted by Crippen LogP contribution is 2.21. The van der Waals surface area contributed by atoms with Gasteiger partial charge in [0.2, 0.25) is 5.88 Å². The first-order chi connectivity index (χ1) is 9.65. The zero-order chi connectivity index (χ0) is 14.1. The minimum atomic E-state index is -0.908. The van der Waals surface area contributed by atoms with Gasteiger partial charge in [-0.1, -0.05) is 6.07 Å². The Bertz CT molecular complexity index is 612. The average molecular weight is 274 g/mol. The van der Waals surface area contributed by atoms with Crippen LogP contribution in [-0.2, 0) is 19.6 Å². The number of hydrogen-bond donors (Lipinski definition) is 1. The molecule has 0 spiro atoms. The molecule has 1 aliphatic heterocycles. The number of carbonyl (C=O) groups is 1. The molecule has 0 aliphatic carbocycles. The molecule has 7 heteroatoms. The summed E-state index contributed by atoms with van der Waals surface area (Å²) in [7, 11) is 1.58. The second-order valence-corrected chi connectivity index (χ2v) is 4.65. The quantitative estimate of drug-likeness (QED) is 0.913. The first-order valence-corrected chi connectivity index (χ1v) is 6.17. The molecule has 1 aliphatic rings. The summed E-state index contributed by atoms with van der Waals surface area (Å²) < 4.78 is 6.82. The van der Waals surface area contributed by atoms with Gasteiger partial charge in [-0.05, 0) is 5.56 Å². The standard InChI is InChI=1S/C13H14N4O3/c1-20-12-3-2-9(4-14-12)5-17-7-10-6-16(13(18)19)8-11(10)15-17/h2-4,7H,5-6,8H2,1H3,(H,18,19). The molecule has 104 valence electrons. The van der Waals surface area contributed by atoms with Gasteiger partial charge in [0, 0.05) is 24.0 Å². The van der Waals surface area contributed by atoms with Crippen molar-refractivity contribution in [3.05, 3.63) is 41.3 Å². The summed E-state index contributed by atoms with van der Waals surface area (Å²) >= 11 is 0. The van der Waals surface area contributed by atoms with E-state index < -0.39 is 6.09 Å². The van der Waals surface area contributed by atoms with Crippen molar-refractivity contribution in [1.82, 2.24) is 19.7 Å². The molecule has 0 saturated carbocycles. The molecular weight excluding hydrogens is 260 g/mol. The fourth-order valence-electron chi connectivity index (χ4n) is 2.24. The Morgan fingerprint density at radius 2 is 2.30 bits per heavy atom. The number of aromatic nitrogens is 3. The van der Waals surface area contributed by atoms with E-state index in [1.54, 1.807) is 19.4 Å². The van der Waals surface area contributed by atoms with Crippen LogP contribution in [0.15, 0.2) is 24.5 Å². The van der Waals surface area contributed by atoms with Crippen molar-refractivity contribution in [2.45, 2.75) is 19.6 Å². The molecule has 3 heterocycles. The first-order valence-electron chi connectivity index (χ1n) is 6.17. The molecule has 1 N–H and O–H groups in total. The largest absolute Gasteiger partial charge is 0.481 e. The summed E-state index contributed by atoms with van der Waals surface area (Å²) in [5.74, 6) is 0.578. The summed E-state index contributed by atoms with van der Waals surface area (Å²) in [5.41, 5.74) is 2.81. The number of ether oxygens (including phenoxy) is 1. The van der Waals surface area contributed by atoms with Gasteiger partial charge >= 0.3 is 6.09 Å². The number of methoxy groups -OCH3 is 1. The van der Waals surface area contributed by atoms with E-state index in [0.717, 1.165) is 16.8 Å². The Morgan fingerprint density at radius 3 is 2.90 bits per heavy atom. The van der Waals surface area contributed by atoms with Gasteiger partial charge in [0.1, 0.15) is 0 Å². The number of hydrogen-bond acceptors (Lipinski definition) is 4. The summed E-state index contributed by atoms with van der Waals surface area (Å²) in [6.45, 7) is 1.38. The third-order valence-corrected chi connectivity index (χ3v) is 3.25. The molecule has 0 bridgehead atoms. The van der Waals surface area contributed by atoms with Crippen LogP contribution in [-0.4, -0.2) is 38.0 Å². The van der Waals surface area contributed by atoms with Gasteiger partial charge in [0.25, 0.3) is 0 Å². The van der Waals surface area contributed by atoms with Crippen molar-refractivity contribution in [1.29, 1.82) is 0 Å². The van der Waals surface area contributed by atoms with Gasteiger partial charge < -0.3 is 9.84 Å². The third kappa shape index (κ3) is 2.29. The highest BCUT2D eigenvalue weighted by molar-refractivity contribution is 5.66. The van der Waals surface area contributed by atoms with E-state index in [1.165, 1.54) is 4.90 Å². The molecule has 1 amide bonds. The lowest BCUT2D eigenvalue weighted by Crippen LogP contribution is -2.23. The monoisotopic (exact) mass is 274 g/mol. The van der Waals surface area contributed by atoms with Gasteiger partial charge in [0.05, 0.1) is 32.4 Å². The Balaban J connectivity index is 1.71. The molecule has 3 rings (SSSR count). The third-order valence-electron chi connectivity index (χ3n) is 3.25. The van der Waals surface area contributed by atoms with Crippen LogP contribution in [0.1, 0.15) is 16.8 Å². The van der Waals surface area contributed by atoms with Crippen molar-refractivity contribution in [3.8, 4) is 5.88 Å². The molecule has 2 aromatic rings. The summed E-state index contributed by atoms with van der Waals surface area (Å²) in [6, 6.07) is 3.74. The zero-order valence-corrected chi connectivity index (χ0v) is 11.0. The second-order valence-electron chi connectivity index (χ2n) is 4.65. The van der Waals surface area contributed by atoms with Crippen LogP contribution in [0.2, 0.25) is 0 Å².